The lowest BCUT2D eigenvalue weighted by molar-refractivity contribution is -0.138. The van der Waals surface area contributed by atoms with Crippen LogP contribution in [0.25, 0.3) is 10.8 Å². The minimum Gasteiger partial charge on any atom is -0.480 e. The van der Waals surface area contributed by atoms with Crippen molar-refractivity contribution in [3.05, 3.63) is 77.6 Å². The largest absolute Gasteiger partial charge is 0.480 e. The molecule has 120 valence electrons. The van der Waals surface area contributed by atoms with Crippen LogP contribution in [0.3, 0.4) is 0 Å². The molecule has 0 bridgehead atoms. The number of anilines is 1. The van der Waals surface area contributed by atoms with E-state index in [1.807, 2.05) is 47.4 Å². The standard InChI is InChI=1S/C20H16FNO2/c21-16-8-9-18-15(10-16)11-19(20(23)24)22(18)12-14-6-3-5-13-4-1-2-7-17(13)14/h1-10,19H,11-12H2,(H,23,24). The smallest absolute Gasteiger partial charge is 0.326 e. The van der Waals surface area contributed by atoms with Crippen molar-refractivity contribution in [3.63, 3.8) is 0 Å². The molecule has 0 saturated heterocycles. The summed E-state index contributed by atoms with van der Waals surface area (Å²) in [7, 11) is 0. The highest BCUT2D eigenvalue weighted by Gasteiger charge is 2.34. The normalized spacial score (nSPS) is 16.4. The molecule has 0 spiro atoms. The first-order chi connectivity index (χ1) is 11.6. The fourth-order valence-corrected chi connectivity index (χ4v) is 3.51. The van der Waals surface area contributed by atoms with Crippen LogP contribution in [0.5, 0.6) is 0 Å². The molecule has 1 heterocycles. The molecule has 4 rings (SSSR count). The van der Waals surface area contributed by atoms with Gasteiger partial charge in [0.25, 0.3) is 0 Å². The van der Waals surface area contributed by atoms with Crippen molar-refractivity contribution in [2.45, 2.75) is 19.0 Å². The van der Waals surface area contributed by atoms with Crippen LogP contribution in [-0.2, 0) is 17.8 Å². The third kappa shape index (κ3) is 2.40. The van der Waals surface area contributed by atoms with E-state index in [0.29, 0.717) is 13.0 Å². The average molecular weight is 321 g/mol. The first-order valence-corrected chi connectivity index (χ1v) is 7.88. The third-order valence-electron chi connectivity index (χ3n) is 4.65. The van der Waals surface area contributed by atoms with Gasteiger partial charge < -0.3 is 10.0 Å². The monoisotopic (exact) mass is 321 g/mol. The number of halogens is 1. The van der Waals surface area contributed by atoms with Crippen molar-refractivity contribution in [1.82, 2.24) is 0 Å². The zero-order valence-corrected chi connectivity index (χ0v) is 12.9. The molecule has 3 aromatic rings. The number of hydrogen-bond donors (Lipinski definition) is 1. The Morgan fingerprint density at radius 1 is 1.12 bits per heavy atom. The van der Waals surface area contributed by atoms with E-state index >= 15 is 0 Å². The number of benzene rings is 3. The van der Waals surface area contributed by atoms with Gasteiger partial charge in [0.15, 0.2) is 0 Å². The zero-order valence-electron chi connectivity index (χ0n) is 12.9. The number of aliphatic carboxylic acids is 1. The van der Waals surface area contributed by atoms with E-state index in [0.717, 1.165) is 27.6 Å². The fourth-order valence-electron chi connectivity index (χ4n) is 3.51. The quantitative estimate of drug-likeness (QED) is 0.793. The number of carboxylic acids is 1. The summed E-state index contributed by atoms with van der Waals surface area (Å²) in [4.78, 5) is 13.5. The first kappa shape index (κ1) is 14.7. The number of carbonyl (C=O) groups is 1. The number of rotatable bonds is 3. The highest BCUT2D eigenvalue weighted by Crippen LogP contribution is 2.35. The van der Waals surface area contributed by atoms with Gasteiger partial charge in [-0.25, -0.2) is 9.18 Å². The summed E-state index contributed by atoms with van der Waals surface area (Å²) in [5.74, 6) is -1.21. The van der Waals surface area contributed by atoms with Gasteiger partial charge in [-0.1, -0.05) is 42.5 Å². The summed E-state index contributed by atoms with van der Waals surface area (Å²) in [6, 6.07) is 17.9. The number of fused-ring (bicyclic) bond motifs is 2. The second-order valence-corrected chi connectivity index (χ2v) is 6.10. The van der Waals surface area contributed by atoms with Crippen LogP contribution in [-0.4, -0.2) is 17.1 Å². The molecule has 24 heavy (non-hydrogen) atoms. The Labute approximate surface area is 139 Å². The van der Waals surface area contributed by atoms with Gasteiger partial charge in [0.2, 0.25) is 0 Å². The molecular weight excluding hydrogens is 305 g/mol. The van der Waals surface area contributed by atoms with Gasteiger partial charge >= 0.3 is 5.97 Å². The van der Waals surface area contributed by atoms with Gasteiger partial charge in [-0.05, 0) is 40.1 Å². The van der Waals surface area contributed by atoms with Gasteiger partial charge in [0.1, 0.15) is 11.9 Å². The lowest BCUT2D eigenvalue weighted by Crippen LogP contribution is -2.38. The molecule has 1 aliphatic heterocycles. The summed E-state index contributed by atoms with van der Waals surface area (Å²) in [5.41, 5.74) is 2.62. The van der Waals surface area contributed by atoms with Gasteiger partial charge in [0.05, 0.1) is 0 Å². The van der Waals surface area contributed by atoms with Gasteiger partial charge in [0, 0.05) is 18.7 Å². The van der Waals surface area contributed by atoms with Crippen molar-refractivity contribution >= 4 is 22.4 Å². The van der Waals surface area contributed by atoms with Crippen LogP contribution >= 0.6 is 0 Å². The Bertz CT molecular complexity index is 933. The highest BCUT2D eigenvalue weighted by atomic mass is 19.1. The van der Waals surface area contributed by atoms with Crippen LogP contribution in [0, 0.1) is 5.82 Å². The Hall–Kier alpha value is -2.88. The summed E-state index contributed by atoms with van der Waals surface area (Å²) < 4.78 is 13.5. The molecular formula is C20H16FNO2. The molecule has 1 atom stereocenters. The first-order valence-electron chi connectivity index (χ1n) is 7.88. The Morgan fingerprint density at radius 3 is 2.75 bits per heavy atom. The predicted octanol–water partition coefficient (Wildman–Crippen LogP) is 3.99. The molecule has 1 aliphatic rings. The summed E-state index contributed by atoms with van der Waals surface area (Å²) >= 11 is 0. The molecule has 0 aromatic heterocycles. The van der Waals surface area contributed by atoms with Gasteiger partial charge in [-0.2, -0.15) is 0 Å². The van der Waals surface area contributed by atoms with E-state index in [4.69, 9.17) is 0 Å². The van der Waals surface area contributed by atoms with Crippen molar-refractivity contribution < 1.29 is 14.3 Å². The van der Waals surface area contributed by atoms with Gasteiger partial charge in [-0.15, -0.1) is 0 Å². The van der Waals surface area contributed by atoms with Crippen LogP contribution in [0.1, 0.15) is 11.1 Å². The molecule has 4 heteroatoms. The number of nitrogens with zero attached hydrogens (tertiary/aromatic N) is 1. The van der Waals surface area contributed by atoms with E-state index in [1.54, 1.807) is 6.07 Å². The molecule has 0 aliphatic carbocycles. The molecule has 3 nitrogen and oxygen atoms in total. The lowest BCUT2D eigenvalue weighted by Gasteiger charge is -2.25. The van der Waals surface area contributed by atoms with Crippen molar-refractivity contribution in [2.75, 3.05) is 4.90 Å². The van der Waals surface area contributed by atoms with E-state index in [-0.39, 0.29) is 5.82 Å². The lowest BCUT2D eigenvalue weighted by atomic mass is 10.0. The molecule has 0 radical (unpaired) electrons. The Kier molecular flexibility index (Phi) is 3.45. The third-order valence-corrected chi connectivity index (χ3v) is 4.65. The molecule has 1 unspecified atom stereocenters. The molecule has 3 aromatic carbocycles. The minimum atomic E-state index is -0.883. The maximum Gasteiger partial charge on any atom is 0.326 e. The van der Waals surface area contributed by atoms with Crippen molar-refractivity contribution in [3.8, 4) is 0 Å². The van der Waals surface area contributed by atoms with E-state index in [1.165, 1.54) is 12.1 Å². The maximum absolute atomic E-state index is 13.5. The van der Waals surface area contributed by atoms with Crippen LogP contribution in [0.4, 0.5) is 10.1 Å². The zero-order chi connectivity index (χ0) is 16.7. The second kappa shape index (κ2) is 5.64. The number of hydrogen-bond acceptors (Lipinski definition) is 2. The summed E-state index contributed by atoms with van der Waals surface area (Å²) in [6.07, 6.45) is 0.327. The van der Waals surface area contributed by atoms with E-state index in [9.17, 15) is 14.3 Å². The summed E-state index contributed by atoms with van der Waals surface area (Å²) in [5, 5.41) is 11.8. The van der Waals surface area contributed by atoms with Gasteiger partial charge in [-0.3, -0.25) is 0 Å². The highest BCUT2D eigenvalue weighted by molar-refractivity contribution is 5.87. The molecule has 0 amide bonds. The SMILES string of the molecule is O=C(O)C1Cc2cc(F)ccc2N1Cc1cccc2ccccc12. The number of carboxylic acid groups (broad SMARTS) is 1. The van der Waals surface area contributed by atoms with Crippen LogP contribution < -0.4 is 4.90 Å². The van der Waals surface area contributed by atoms with Crippen LogP contribution in [0.15, 0.2) is 60.7 Å². The Morgan fingerprint density at radius 2 is 1.92 bits per heavy atom. The van der Waals surface area contributed by atoms with Crippen molar-refractivity contribution in [1.29, 1.82) is 0 Å². The molecule has 0 saturated carbocycles. The fraction of sp³-hybridized carbons (Fsp3) is 0.150. The van der Waals surface area contributed by atoms with Crippen molar-refractivity contribution in [2.24, 2.45) is 0 Å². The van der Waals surface area contributed by atoms with E-state index in [2.05, 4.69) is 0 Å². The summed E-state index contributed by atoms with van der Waals surface area (Å²) in [6.45, 7) is 0.483. The minimum absolute atomic E-state index is 0.327. The average Bonchev–Trinajstić information content (AvgIpc) is 2.93. The topological polar surface area (TPSA) is 40.5 Å². The van der Waals surface area contributed by atoms with Crippen LogP contribution in [0.2, 0.25) is 0 Å². The molecule has 1 N–H and O–H groups in total. The maximum atomic E-state index is 13.5. The predicted molar refractivity (Wildman–Crippen MR) is 91.7 cm³/mol. The van der Waals surface area contributed by atoms with E-state index < -0.39 is 12.0 Å². The Balaban J connectivity index is 1.78. The second-order valence-electron chi connectivity index (χ2n) is 6.10. The molecule has 0 fully saturated rings.